The molecule has 0 spiro atoms. The van der Waals surface area contributed by atoms with E-state index in [0.29, 0.717) is 11.8 Å². The fourth-order valence-electron chi connectivity index (χ4n) is 2.72. The number of para-hydroxylation sites is 1. The van der Waals surface area contributed by atoms with Crippen LogP contribution in [-0.2, 0) is 0 Å². The maximum atomic E-state index is 5.54. The van der Waals surface area contributed by atoms with Crippen LogP contribution in [0.1, 0.15) is 12.8 Å². The van der Waals surface area contributed by atoms with E-state index in [1.165, 1.54) is 21.2 Å². The molecular formula is C17H15N3OS. The molecule has 1 aliphatic rings. The zero-order valence-electron chi connectivity index (χ0n) is 12.4. The van der Waals surface area contributed by atoms with Gasteiger partial charge in [-0.15, -0.1) is 10.2 Å². The van der Waals surface area contributed by atoms with Crippen LogP contribution in [-0.4, -0.2) is 16.7 Å². The van der Waals surface area contributed by atoms with Gasteiger partial charge in [0.15, 0.2) is 0 Å². The lowest BCUT2D eigenvalue weighted by Gasteiger charge is -2.31. The molecule has 0 aliphatic carbocycles. The summed E-state index contributed by atoms with van der Waals surface area (Å²) in [7, 11) is 0. The third kappa shape index (κ3) is 2.09. The second-order valence-electron chi connectivity index (χ2n) is 5.12. The largest absolute Gasteiger partial charge is 0.421 e. The number of hydrogen-bond acceptors (Lipinski definition) is 5. The van der Waals surface area contributed by atoms with Crippen LogP contribution in [0.25, 0.3) is 11.5 Å². The summed E-state index contributed by atoms with van der Waals surface area (Å²) in [5.41, 5.74) is 3.46. The Bertz CT molecular complexity index is 843. The molecule has 0 unspecified atom stereocenters. The molecule has 4 rings (SSSR count). The van der Waals surface area contributed by atoms with E-state index in [-0.39, 0.29) is 0 Å². The molecule has 0 atom stereocenters. The Morgan fingerprint density at radius 2 is 1.86 bits per heavy atom. The van der Waals surface area contributed by atoms with Crippen molar-refractivity contribution in [2.75, 3.05) is 11.4 Å². The van der Waals surface area contributed by atoms with Gasteiger partial charge in [-0.1, -0.05) is 23.9 Å². The number of aryl methyl sites for hydroxylation is 1. The number of anilines is 2. The van der Waals surface area contributed by atoms with E-state index in [4.69, 9.17) is 4.42 Å². The maximum Gasteiger partial charge on any atom is 0.247 e. The van der Waals surface area contributed by atoms with Gasteiger partial charge in [-0.3, -0.25) is 0 Å². The summed E-state index contributed by atoms with van der Waals surface area (Å²) in [5, 5.41) is 8.02. The molecule has 0 bridgehead atoms. The first kappa shape index (κ1) is 13.4. The molecule has 0 radical (unpaired) electrons. The molecule has 0 saturated carbocycles. The molecule has 2 aromatic carbocycles. The van der Waals surface area contributed by atoms with Gasteiger partial charge >= 0.3 is 0 Å². The van der Waals surface area contributed by atoms with Gasteiger partial charge in [-0.25, -0.2) is 0 Å². The van der Waals surface area contributed by atoms with Gasteiger partial charge < -0.3 is 9.32 Å². The van der Waals surface area contributed by atoms with E-state index in [1.807, 2.05) is 6.07 Å². The molecule has 4 nitrogen and oxygen atoms in total. The summed E-state index contributed by atoms with van der Waals surface area (Å²) < 4.78 is 5.54. The second-order valence-corrected chi connectivity index (χ2v) is 6.21. The highest BCUT2D eigenvalue weighted by molar-refractivity contribution is 7.99. The molecule has 1 aliphatic heterocycles. The molecule has 0 amide bonds. The Kier molecular flexibility index (Phi) is 3.15. The van der Waals surface area contributed by atoms with Crippen molar-refractivity contribution in [2.24, 2.45) is 0 Å². The Morgan fingerprint density at radius 3 is 2.64 bits per heavy atom. The van der Waals surface area contributed by atoms with Crippen molar-refractivity contribution in [3.63, 3.8) is 0 Å². The Balaban J connectivity index is 1.82. The summed E-state index contributed by atoms with van der Waals surface area (Å²) in [6.45, 7) is 4.91. The van der Waals surface area contributed by atoms with Crippen LogP contribution in [0.5, 0.6) is 0 Å². The number of rotatable bonds is 2. The van der Waals surface area contributed by atoms with Crippen LogP contribution < -0.4 is 4.90 Å². The minimum atomic E-state index is 0.572. The summed E-state index contributed by atoms with van der Waals surface area (Å²) >= 11 is 1.79. The predicted octanol–water partition coefficient (Wildman–Crippen LogP) is 4.67. The lowest BCUT2D eigenvalue weighted by atomic mass is 10.1. The topological polar surface area (TPSA) is 42.2 Å². The normalized spacial score (nSPS) is 12.9. The zero-order chi connectivity index (χ0) is 15.1. The molecule has 1 aromatic heterocycles. The summed E-state index contributed by atoms with van der Waals surface area (Å²) in [6.07, 6.45) is 0. The van der Waals surface area contributed by atoms with Crippen molar-refractivity contribution >= 4 is 23.1 Å². The van der Waals surface area contributed by atoms with Crippen molar-refractivity contribution in [3.8, 4) is 11.5 Å². The SMILES string of the molecule is CCN1c2ccccc2Sc2cc(-c3nnc(C)o3)ccc21. The first-order valence-corrected chi connectivity index (χ1v) is 8.07. The molecule has 0 N–H and O–H groups in total. The minimum Gasteiger partial charge on any atom is -0.421 e. The van der Waals surface area contributed by atoms with Crippen LogP contribution in [0.3, 0.4) is 0 Å². The van der Waals surface area contributed by atoms with Gasteiger partial charge in [0, 0.05) is 28.8 Å². The highest BCUT2D eigenvalue weighted by Crippen LogP contribution is 2.48. The van der Waals surface area contributed by atoms with Gasteiger partial charge in [0.1, 0.15) is 0 Å². The summed E-state index contributed by atoms with van der Waals surface area (Å²) in [5.74, 6) is 1.16. The van der Waals surface area contributed by atoms with Crippen molar-refractivity contribution in [3.05, 3.63) is 48.4 Å². The number of aromatic nitrogens is 2. The monoisotopic (exact) mass is 309 g/mol. The van der Waals surface area contributed by atoms with Crippen LogP contribution in [0.4, 0.5) is 11.4 Å². The molecular weight excluding hydrogens is 294 g/mol. The van der Waals surface area contributed by atoms with E-state index in [1.54, 1.807) is 18.7 Å². The standard InChI is InChI=1S/C17H15N3OS/c1-3-20-13-6-4-5-7-15(13)22-16-10-12(8-9-14(16)20)17-19-18-11(2)21-17/h4-10H,3H2,1-2H3. The quantitative estimate of drug-likeness (QED) is 0.688. The van der Waals surface area contributed by atoms with Gasteiger partial charge in [0.25, 0.3) is 0 Å². The number of benzene rings is 2. The highest BCUT2D eigenvalue weighted by atomic mass is 32.2. The molecule has 5 heteroatoms. The fourth-order valence-corrected chi connectivity index (χ4v) is 3.86. The van der Waals surface area contributed by atoms with Gasteiger partial charge in [0.05, 0.1) is 11.4 Å². The Morgan fingerprint density at radius 1 is 1.05 bits per heavy atom. The number of fused-ring (bicyclic) bond motifs is 2. The van der Waals surface area contributed by atoms with Crippen molar-refractivity contribution in [1.82, 2.24) is 10.2 Å². The van der Waals surface area contributed by atoms with Gasteiger partial charge in [0.2, 0.25) is 11.8 Å². The third-order valence-electron chi connectivity index (χ3n) is 3.72. The lowest BCUT2D eigenvalue weighted by molar-refractivity contribution is 0.532. The van der Waals surface area contributed by atoms with Crippen molar-refractivity contribution < 1.29 is 4.42 Å². The van der Waals surface area contributed by atoms with Crippen LogP contribution in [0.2, 0.25) is 0 Å². The molecule has 0 saturated heterocycles. The molecule has 3 aromatic rings. The first-order chi connectivity index (χ1) is 10.8. The zero-order valence-corrected chi connectivity index (χ0v) is 13.2. The Hall–Kier alpha value is -2.27. The first-order valence-electron chi connectivity index (χ1n) is 7.25. The molecule has 110 valence electrons. The minimum absolute atomic E-state index is 0.572. The Labute approximate surface area is 133 Å². The predicted molar refractivity (Wildman–Crippen MR) is 87.7 cm³/mol. The van der Waals surface area contributed by atoms with Crippen molar-refractivity contribution in [1.29, 1.82) is 0 Å². The average molecular weight is 309 g/mol. The van der Waals surface area contributed by atoms with E-state index in [0.717, 1.165) is 12.1 Å². The van der Waals surface area contributed by atoms with Gasteiger partial charge in [-0.05, 0) is 37.3 Å². The summed E-state index contributed by atoms with van der Waals surface area (Å²) in [4.78, 5) is 4.83. The van der Waals surface area contributed by atoms with Gasteiger partial charge in [-0.2, -0.15) is 0 Å². The smallest absolute Gasteiger partial charge is 0.247 e. The third-order valence-corrected chi connectivity index (χ3v) is 4.83. The van der Waals surface area contributed by atoms with E-state index >= 15 is 0 Å². The van der Waals surface area contributed by atoms with Crippen LogP contribution in [0, 0.1) is 6.92 Å². The maximum absolute atomic E-state index is 5.54. The molecule has 0 fully saturated rings. The average Bonchev–Trinajstić information content (AvgIpc) is 2.98. The molecule has 22 heavy (non-hydrogen) atoms. The van der Waals surface area contributed by atoms with E-state index in [2.05, 4.69) is 58.4 Å². The second kappa shape index (κ2) is 5.18. The fraction of sp³-hybridized carbons (Fsp3) is 0.176. The molecule has 2 heterocycles. The highest BCUT2D eigenvalue weighted by Gasteiger charge is 2.22. The van der Waals surface area contributed by atoms with Crippen LogP contribution >= 0.6 is 11.8 Å². The summed E-state index contributed by atoms with van der Waals surface area (Å²) in [6, 6.07) is 14.8. The van der Waals surface area contributed by atoms with E-state index in [9.17, 15) is 0 Å². The van der Waals surface area contributed by atoms with E-state index < -0.39 is 0 Å². The number of nitrogens with zero attached hydrogens (tertiary/aromatic N) is 3. The lowest BCUT2D eigenvalue weighted by Crippen LogP contribution is -2.19. The van der Waals surface area contributed by atoms with Crippen molar-refractivity contribution in [2.45, 2.75) is 23.6 Å². The van der Waals surface area contributed by atoms with Crippen LogP contribution in [0.15, 0.2) is 56.7 Å². The number of hydrogen-bond donors (Lipinski definition) is 0.